The quantitative estimate of drug-likeness (QED) is 0.147. The van der Waals surface area contributed by atoms with Crippen molar-refractivity contribution in [2.75, 3.05) is 11.1 Å². The van der Waals surface area contributed by atoms with Gasteiger partial charge in [0.25, 0.3) is 22.7 Å². The molecular formula is C28H23FN8O6. The van der Waals surface area contributed by atoms with E-state index in [4.69, 9.17) is 10.8 Å². The zero-order valence-corrected chi connectivity index (χ0v) is 22.4. The van der Waals surface area contributed by atoms with E-state index in [2.05, 4.69) is 31.2 Å². The maximum atomic E-state index is 14.4. The highest BCUT2D eigenvalue weighted by molar-refractivity contribution is 5.98. The van der Waals surface area contributed by atoms with Gasteiger partial charge in [-0.2, -0.15) is 4.52 Å². The van der Waals surface area contributed by atoms with Crippen molar-refractivity contribution in [2.45, 2.75) is 26.1 Å². The fourth-order valence-corrected chi connectivity index (χ4v) is 4.28. The van der Waals surface area contributed by atoms with Gasteiger partial charge in [0.15, 0.2) is 5.65 Å². The second-order valence-electron chi connectivity index (χ2n) is 9.56. The Balaban J connectivity index is 1.28. The molecule has 5 aromatic rings. The Labute approximate surface area is 241 Å². The lowest BCUT2D eigenvalue weighted by Crippen LogP contribution is -2.37. The van der Waals surface area contributed by atoms with Crippen LogP contribution in [0, 0.1) is 5.82 Å². The zero-order valence-electron chi connectivity index (χ0n) is 22.4. The highest BCUT2D eigenvalue weighted by Gasteiger charge is 2.21. The summed E-state index contributed by atoms with van der Waals surface area (Å²) >= 11 is 0. The number of carbonyl (C=O) groups excluding carboxylic acids is 2. The Bertz CT molecular complexity index is 1960. The minimum Gasteiger partial charge on any atom is -0.478 e. The van der Waals surface area contributed by atoms with Gasteiger partial charge in [0, 0.05) is 24.7 Å². The SMILES string of the molecule is C[C@H](NC(=O)c1cc(C(=O)NCc2ccc(F)c(CNc3c(N)c(=O)c3=O)c2)nc2cnnn12)c1ccc(C(=O)O)cc1. The first-order chi connectivity index (χ1) is 20.5. The first kappa shape index (κ1) is 28.5. The van der Waals surface area contributed by atoms with Crippen molar-refractivity contribution in [2.24, 2.45) is 0 Å². The van der Waals surface area contributed by atoms with Gasteiger partial charge in [-0.25, -0.2) is 14.2 Å². The maximum absolute atomic E-state index is 14.4. The highest BCUT2D eigenvalue weighted by Crippen LogP contribution is 2.17. The van der Waals surface area contributed by atoms with Crippen LogP contribution in [0.3, 0.4) is 0 Å². The number of aromatic carboxylic acids is 1. The molecule has 0 bridgehead atoms. The molecule has 0 spiro atoms. The molecule has 0 aliphatic carbocycles. The number of nitrogens with two attached hydrogens (primary N) is 1. The first-order valence-corrected chi connectivity index (χ1v) is 12.8. The summed E-state index contributed by atoms with van der Waals surface area (Å²) in [6, 6.07) is 10.9. The Morgan fingerprint density at radius 2 is 1.77 bits per heavy atom. The molecule has 43 heavy (non-hydrogen) atoms. The van der Waals surface area contributed by atoms with Crippen molar-refractivity contribution < 1.29 is 23.9 Å². The number of fused-ring (bicyclic) bond motifs is 1. The molecule has 218 valence electrons. The molecule has 2 heterocycles. The molecule has 0 unspecified atom stereocenters. The average molecular weight is 587 g/mol. The fourth-order valence-electron chi connectivity index (χ4n) is 4.28. The molecule has 1 atom stereocenters. The number of carboxylic acid groups (broad SMARTS) is 1. The highest BCUT2D eigenvalue weighted by atomic mass is 19.1. The Morgan fingerprint density at radius 3 is 2.47 bits per heavy atom. The normalized spacial score (nSPS) is 11.8. The van der Waals surface area contributed by atoms with Gasteiger partial charge < -0.3 is 26.8 Å². The summed E-state index contributed by atoms with van der Waals surface area (Å²) in [6.45, 7) is 1.57. The van der Waals surface area contributed by atoms with Crippen LogP contribution in [-0.2, 0) is 13.1 Å². The van der Waals surface area contributed by atoms with E-state index in [9.17, 15) is 28.4 Å². The summed E-state index contributed by atoms with van der Waals surface area (Å²) in [6.07, 6.45) is 1.28. The molecule has 3 aromatic carbocycles. The van der Waals surface area contributed by atoms with E-state index in [-0.39, 0.29) is 52.6 Å². The van der Waals surface area contributed by atoms with Crippen molar-refractivity contribution in [3.8, 4) is 0 Å². The van der Waals surface area contributed by atoms with Crippen LogP contribution >= 0.6 is 0 Å². The maximum Gasteiger partial charge on any atom is 0.335 e. The molecule has 0 saturated heterocycles. The minimum absolute atomic E-state index is 0.0191. The summed E-state index contributed by atoms with van der Waals surface area (Å²) in [5.41, 5.74) is 5.15. The topological polar surface area (TPSA) is 211 Å². The van der Waals surface area contributed by atoms with Crippen LogP contribution in [0.1, 0.15) is 61.0 Å². The van der Waals surface area contributed by atoms with Gasteiger partial charge in [-0.15, -0.1) is 5.10 Å². The number of aromatic nitrogens is 4. The first-order valence-electron chi connectivity index (χ1n) is 12.8. The number of nitrogen functional groups attached to an aromatic ring is 1. The number of halogens is 1. The van der Waals surface area contributed by atoms with E-state index in [1.165, 1.54) is 47.1 Å². The van der Waals surface area contributed by atoms with E-state index in [1.54, 1.807) is 19.1 Å². The Kier molecular flexibility index (Phi) is 7.62. The van der Waals surface area contributed by atoms with Gasteiger partial charge >= 0.3 is 5.97 Å². The number of carboxylic acids is 1. The molecule has 5 rings (SSSR count). The lowest BCUT2D eigenvalue weighted by atomic mass is 10.1. The second-order valence-corrected chi connectivity index (χ2v) is 9.56. The number of amides is 2. The van der Waals surface area contributed by atoms with Gasteiger partial charge in [-0.1, -0.05) is 23.4 Å². The van der Waals surface area contributed by atoms with Gasteiger partial charge in [0.2, 0.25) is 0 Å². The molecular weight excluding hydrogens is 563 g/mol. The van der Waals surface area contributed by atoms with Crippen molar-refractivity contribution in [1.29, 1.82) is 0 Å². The number of carbonyl (C=O) groups is 3. The van der Waals surface area contributed by atoms with Crippen molar-refractivity contribution in [3.05, 3.63) is 115 Å². The van der Waals surface area contributed by atoms with Crippen molar-refractivity contribution >= 4 is 34.8 Å². The summed E-state index contributed by atoms with van der Waals surface area (Å²) in [5, 5.41) is 24.8. The number of hydrogen-bond acceptors (Lipinski definition) is 10. The number of nitrogens with zero attached hydrogens (tertiary/aromatic N) is 4. The Morgan fingerprint density at radius 1 is 1.02 bits per heavy atom. The number of hydrogen-bond donors (Lipinski definition) is 5. The van der Waals surface area contributed by atoms with E-state index >= 15 is 0 Å². The zero-order chi connectivity index (χ0) is 30.8. The fraction of sp³-hybridized carbons (Fsp3) is 0.143. The third-order valence-corrected chi connectivity index (χ3v) is 6.70. The smallest absolute Gasteiger partial charge is 0.335 e. The third kappa shape index (κ3) is 5.76. The summed E-state index contributed by atoms with van der Waals surface area (Å²) < 4.78 is 15.5. The summed E-state index contributed by atoms with van der Waals surface area (Å²) in [7, 11) is 0. The predicted molar refractivity (Wildman–Crippen MR) is 151 cm³/mol. The van der Waals surface area contributed by atoms with E-state index in [1.807, 2.05) is 0 Å². The van der Waals surface area contributed by atoms with Crippen molar-refractivity contribution in [1.82, 2.24) is 30.4 Å². The predicted octanol–water partition coefficient (Wildman–Crippen LogP) is 1.17. The largest absolute Gasteiger partial charge is 0.478 e. The molecule has 6 N–H and O–H groups in total. The molecule has 2 aromatic heterocycles. The number of rotatable bonds is 10. The standard InChI is InChI=1S/C28H23FN8O6/c1-13(15-3-5-16(6-4-15)28(42)43)34-27(41)20-9-19(35-21-12-33-36-37(20)21)26(40)32-10-14-2-7-18(29)17(8-14)11-31-23-22(30)24(38)25(23)39/h2-9,12-13,31H,10-11,30H2,1H3,(H,32,40)(H,34,41)(H,42,43)/t13-/m0/s1. The second kappa shape index (κ2) is 11.5. The van der Waals surface area contributed by atoms with E-state index in [0.717, 1.165) is 0 Å². The van der Waals surface area contributed by atoms with E-state index in [0.29, 0.717) is 11.1 Å². The molecule has 0 saturated carbocycles. The molecule has 14 nitrogen and oxygen atoms in total. The third-order valence-electron chi connectivity index (χ3n) is 6.70. The van der Waals surface area contributed by atoms with Gasteiger partial charge in [0.1, 0.15) is 28.6 Å². The molecule has 0 radical (unpaired) electrons. The van der Waals surface area contributed by atoms with Crippen LogP contribution in [0.25, 0.3) is 5.65 Å². The van der Waals surface area contributed by atoms with Crippen LogP contribution in [-0.4, -0.2) is 42.7 Å². The monoisotopic (exact) mass is 586 g/mol. The number of anilines is 2. The molecule has 0 aliphatic rings. The van der Waals surface area contributed by atoms with Crippen molar-refractivity contribution in [3.63, 3.8) is 0 Å². The van der Waals surface area contributed by atoms with Gasteiger partial charge in [-0.3, -0.25) is 19.2 Å². The lowest BCUT2D eigenvalue weighted by molar-refractivity contribution is 0.0696. The van der Waals surface area contributed by atoms with Crippen LogP contribution < -0.4 is 32.5 Å². The molecule has 2 amide bonds. The van der Waals surface area contributed by atoms with Crippen LogP contribution in [0.5, 0.6) is 0 Å². The van der Waals surface area contributed by atoms with Crippen LogP contribution in [0.4, 0.5) is 15.8 Å². The van der Waals surface area contributed by atoms with E-state index < -0.39 is 40.5 Å². The average Bonchev–Trinajstić information content (AvgIpc) is 3.49. The summed E-state index contributed by atoms with van der Waals surface area (Å²) in [5.74, 6) is -2.85. The number of benzene rings is 2. The van der Waals surface area contributed by atoms with Crippen LogP contribution in [0.15, 0.2) is 64.3 Å². The minimum atomic E-state index is -1.07. The molecule has 0 fully saturated rings. The molecule has 0 aliphatic heterocycles. The Hall–Kier alpha value is -5.99. The van der Waals surface area contributed by atoms with Gasteiger partial charge in [0.05, 0.1) is 17.8 Å². The van der Waals surface area contributed by atoms with Gasteiger partial charge in [-0.05, 0) is 42.3 Å². The number of nitrogens with one attached hydrogen (secondary N) is 3. The summed E-state index contributed by atoms with van der Waals surface area (Å²) in [4.78, 5) is 64.4. The van der Waals surface area contributed by atoms with Crippen LogP contribution in [0.2, 0.25) is 0 Å². The lowest BCUT2D eigenvalue weighted by Gasteiger charge is -2.15. The molecule has 15 heteroatoms.